The van der Waals surface area contributed by atoms with Gasteiger partial charge in [-0.3, -0.25) is 4.68 Å². The van der Waals surface area contributed by atoms with E-state index in [1.807, 2.05) is 14.0 Å². The second-order valence-electron chi connectivity index (χ2n) is 4.95. The molecule has 2 rings (SSSR count). The van der Waals surface area contributed by atoms with Gasteiger partial charge in [0.1, 0.15) is 0 Å². The van der Waals surface area contributed by atoms with Gasteiger partial charge in [0.2, 0.25) is 0 Å². The Hall–Kier alpha value is -0.780. The Morgan fingerprint density at radius 2 is 2.10 bits per heavy atom. The Bertz CT molecular complexity index is 610. The molecule has 0 radical (unpaired) electrons. The van der Waals surface area contributed by atoms with E-state index in [-0.39, 0.29) is 6.04 Å². The maximum absolute atomic E-state index is 4.59. The minimum atomic E-state index is 0.284. The summed E-state index contributed by atoms with van der Waals surface area (Å²) in [6, 6.07) is 8.88. The molecule has 1 aromatic heterocycles. The predicted molar refractivity (Wildman–Crippen MR) is 94.1 cm³/mol. The van der Waals surface area contributed by atoms with E-state index in [1.165, 1.54) is 16.2 Å². The Morgan fingerprint density at radius 1 is 1.38 bits per heavy atom. The number of rotatable bonds is 6. The molecule has 1 heterocycles. The van der Waals surface area contributed by atoms with E-state index in [9.17, 15) is 0 Å². The summed E-state index contributed by atoms with van der Waals surface area (Å²) in [6.07, 6.45) is 3.05. The van der Waals surface area contributed by atoms with Crippen molar-refractivity contribution in [1.82, 2.24) is 15.1 Å². The molecule has 5 heteroatoms. The molecular formula is C16H22BrN3S. The van der Waals surface area contributed by atoms with E-state index in [0.717, 1.165) is 23.1 Å². The first-order valence-corrected chi connectivity index (χ1v) is 9.16. The van der Waals surface area contributed by atoms with Gasteiger partial charge in [0, 0.05) is 23.9 Å². The third-order valence-electron chi connectivity index (χ3n) is 3.71. The van der Waals surface area contributed by atoms with Crippen molar-refractivity contribution in [2.24, 2.45) is 0 Å². The molecule has 0 aliphatic rings. The summed E-state index contributed by atoms with van der Waals surface area (Å²) in [5.41, 5.74) is 3.66. The molecule has 0 aliphatic carbocycles. The highest BCUT2D eigenvalue weighted by molar-refractivity contribution is 9.10. The summed E-state index contributed by atoms with van der Waals surface area (Å²) in [5.74, 6) is 0. The van der Waals surface area contributed by atoms with Gasteiger partial charge in [-0.25, -0.2) is 0 Å². The van der Waals surface area contributed by atoms with Gasteiger partial charge in [0.25, 0.3) is 0 Å². The Kier molecular flexibility index (Phi) is 5.90. The number of benzene rings is 1. The average molecular weight is 368 g/mol. The van der Waals surface area contributed by atoms with Crippen molar-refractivity contribution in [3.63, 3.8) is 0 Å². The van der Waals surface area contributed by atoms with Crippen LogP contribution in [0.25, 0.3) is 0 Å². The highest BCUT2D eigenvalue weighted by Gasteiger charge is 2.19. The second-order valence-corrected chi connectivity index (χ2v) is 6.59. The molecule has 1 unspecified atom stereocenters. The maximum Gasteiger partial charge on any atom is 0.0738 e. The number of nitrogens with zero attached hydrogens (tertiary/aromatic N) is 2. The lowest BCUT2D eigenvalue weighted by atomic mass is 10.0. The molecule has 0 fully saturated rings. The van der Waals surface area contributed by atoms with Crippen LogP contribution in [0.4, 0.5) is 0 Å². The van der Waals surface area contributed by atoms with Crippen LogP contribution in [0.15, 0.2) is 33.6 Å². The van der Waals surface area contributed by atoms with Gasteiger partial charge < -0.3 is 5.32 Å². The molecule has 114 valence electrons. The van der Waals surface area contributed by atoms with E-state index in [0.29, 0.717) is 0 Å². The fourth-order valence-corrected chi connectivity index (χ4v) is 3.69. The molecule has 3 nitrogen and oxygen atoms in total. The fourth-order valence-electron chi connectivity index (χ4n) is 2.58. The minimum absolute atomic E-state index is 0.284. The van der Waals surface area contributed by atoms with Gasteiger partial charge in [-0.05, 0) is 54.7 Å². The predicted octanol–water partition coefficient (Wildman–Crippen LogP) is 4.20. The number of halogens is 1. The van der Waals surface area contributed by atoms with Crippen molar-refractivity contribution < 1.29 is 0 Å². The average Bonchev–Trinajstić information content (AvgIpc) is 2.79. The highest BCUT2D eigenvalue weighted by Crippen LogP contribution is 2.30. The van der Waals surface area contributed by atoms with Crippen molar-refractivity contribution in [1.29, 1.82) is 0 Å². The van der Waals surface area contributed by atoms with Gasteiger partial charge >= 0.3 is 0 Å². The molecule has 21 heavy (non-hydrogen) atoms. The van der Waals surface area contributed by atoms with Crippen LogP contribution in [0, 0.1) is 6.92 Å². The van der Waals surface area contributed by atoms with Crippen LogP contribution in [0.5, 0.6) is 0 Å². The first-order chi connectivity index (χ1) is 10.1. The third kappa shape index (κ3) is 3.52. The molecule has 2 aromatic rings. The first kappa shape index (κ1) is 16.6. The summed E-state index contributed by atoms with van der Waals surface area (Å²) >= 11 is 5.49. The van der Waals surface area contributed by atoms with Crippen molar-refractivity contribution >= 4 is 27.7 Å². The molecule has 0 bridgehead atoms. The van der Waals surface area contributed by atoms with Crippen LogP contribution in [0.1, 0.15) is 29.9 Å². The van der Waals surface area contributed by atoms with Crippen LogP contribution in [-0.2, 0) is 13.0 Å². The molecule has 0 amide bonds. The SMILES string of the molecule is CCn1nc(C)c(Br)c1CC(NC)c1ccccc1SC. The fraction of sp³-hybridized carbons (Fsp3) is 0.438. The molecule has 0 saturated carbocycles. The zero-order valence-electron chi connectivity index (χ0n) is 13.0. The highest BCUT2D eigenvalue weighted by atomic mass is 79.9. The van der Waals surface area contributed by atoms with Gasteiger partial charge in [-0.2, -0.15) is 5.10 Å². The van der Waals surface area contributed by atoms with Crippen molar-refractivity contribution in [2.75, 3.05) is 13.3 Å². The van der Waals surface area contributed by atoms with Crippen molar-refractivity contribution in [3.8, 4) is 0 Å². The molecule has 1 aromatic carbocycles. The summed E-state index contributed by atoms with van der Waals surface area (Å²) in [4.78, 5) is 1.33. The van der Waals surface area contributed by atoms with Gasteiger partial charge in [0.05, 0.1) is 15.9 Å². The number of aromatic nitrogens is 2. The van der Waals surface area contributed by atoms with Crippen LogP contribution < -0.4 is 5.32 Å². The maximum atomic E-state index is 4.59. The van der Waals surface area contributed by atoms with E-state index in [4.69, 9.17) is 0 Å². The lowest BCUT2D eigenvalue weighted by molar-refractivity contribution is 0.535. The van der Waals surface area contributed by atoms with E-state index in [2.05, 4.69) is 68.5 Å². The number of nitrogens with one attached hydrogen (secondary N) is 1. The normalized spacial score (nSPS) is 12.6. The molecule has 0 spiro atoms. The number of thioether (sulfide) groups is 1. The monoisotopic (exact) mass is 367 g/mol. The van der Waals surface area contributed by atoms with E-state index < -0.39 is 0 Å². The molecular weight excluding hydrogens is 346 g/mol. The summed E-state index contributed by atoms with van der Waals surface area (Å²) in [5, 5.41) is 8.04. The molecule has 1 N–H and O–H groups in total. The molecule has 0 aliphatic heterocycles. The number of likely N-dealkylation sites (N-methyl/N-ethyl adjacent to an activating group) is 1. The minimum Gasteiger partial charge on any atom is -0.313 e. The van der Waals surface area contributed by atoms with Crippen LogP contribution in [-0.4, -0.2) is 23.1 Å². The standard InChI is InChI=1S/C16H22BrN3S/c1-5-20-14(16(17)11(2)19-20)10-13(18-3)12-8-6-7-9-15(12)21-4/h6-9,13,18H,5,10H2,1-4H3. The number of hydrogen-bond acceptors (Lipinski definition) is 3. The largest absolute Gasteiger partial charge is 0.313 e. The van der Waals surface area contributed by atoms with Gasteiger partial charge in [0.15, 0.2) is 0 Å². The Morgan fingerprint density at radius 3 is 2.71 bits per heavy atom. The lowest BCUT2D eigenvalue weighted by Gasteiger charge is -2.20. The van der Waals surface area contributed by atoms with Crippen LogP contribution >= 0.6 is 27.7 Å². The van der Waals surface area contributed by atoms with Crippen LogP contribution in [0.3, 0.4) is 0 Å². The second kappa shape index (κ2) is 7.47. The van der Waals surface area contributed by atoms with Gasteiger partial charge in [-0.1, -0.05) is 18.2 Å². The molecule has 1 atom stereocenters. The Balaban J connectivity index is 2.36. The summed E-state index contributed by atoms with van der Waals surface area (Å²) in [6.45, 7) is 5.07. The van der Waals surface area contributed by atoms with Gasteiger partial charge in [-0.15, -0.1) is 11.8 Å². The van der Waals surface area contributed by atoms with Crippen molar-refractivity contribution in [3.05, 3.63) is 45.7 Å². The lowest BCUT2D eigenvalue weighted by Crippen LogP contribution is -2.21. The quantitative estimate of drug-likeness (QED) is 0.775. The Labute approximate surface area is 139 Å². The number of hydrogen-bond donors (Lipinski definition) is 1. The summed E-state index contributed by atoms with van der Waals surface area (Å²) in [7, 11) is 2.02. The zero-order valence-corrected chi connectivity index (χ0v) is 15.4. The van der Waals surface area contributed by atoms with E-state index >= 15 is 0 Å². The smallest absolute Gasteiger partial charge is 0.0738 e. The topological polar surface area (TPSA) is 29.9 Å². The van der Waals surface area contributed by atoms with Crippen LogP contribution in [0.2, 0.25) is 0 Å². The zero-order chi connectivity index (χ0) is 15.4. The number of aryl methyl sites for hydroxylation is 2. The van der Waals surface area contributed by atoms with Crippen molar-refractivity contribution in [2.45, 2.75) is 37.8 Å². The van der Waals surface area contributed by atoms with E-state index in [1.54, 1.807) is 11.8 Å². The summed E-state index contributed by atoms with van der Waals surface area (Å²) < 4.78 is 3.22. The first-order valence-electron chi connectivity index (χ1n) is 7.14. The molecule has 0 saturated heterocycles. The third-order valence-corrected chi connectivity index (χ3v) is 5.56.